The molecule has 5 heteroatoms. The number of aryl methyl sites for hydroxylation is 2. The fourth-order valence-corrected chi connectivity index (χ4v) is 2.29. The molecule has 0 aliphatic carbocycles. The molecular formula is C11H12N2O2S. The van der Waals surface area contributed by atoms with E-state index in [1.165, 1.54) is 5.56 Å². The van der Waals surface area contributed by atoms with Crippen molar-refractivity contribution in [1.82, 2.24) is 5.32 Å². The molecule has 1 aliphatic rings. The van der Waals surface area contributed by atoms with Crippen molar-refractivity contribution < 1.29 is 9.59 Å². The Bertz CT molecular complexity index is 459. The molecule has 1 heterocycles. The van der Waals surface area contributed by atoms with Crippen LogP contribution in [0.15, 0.2) is 18.2 Å². The van der Waals surface area contributed by atoms with E-state index in [-0.39, 0.29) is 11.1 Å². The quantitative estimate of drug-likeness (QED) is 0.825. The van der Waals surface area contributed by atoms with Gasteiger partial charge < -0.3 is 5.32 Å². The van der Waals surface area contributed by atoms with Gasteiger partial charge in [-0.25, -0.2) is 0 Å². The Labute approximate surface area is 97.8 Å². The maximum atomic E-state index is 11.4. The Kier molecular flexibility index (Phi) is 2.87. The summed E-state index contributed by atoms with van der Waals surface area (Å²) in [6.07, 6.45) is 0. The first-order valence-corrected chi connectivity index (χ1v) is 5.79. The smallest absolute Gasteiger partial charge is 0.288 e. The summed E-state index contributed by atoms with van der Waals surface area (Å²) in [5.41, 5.74) is 3.11. The number of hydrogen-bond acceptors (Lipinski definition) is 4. The van der Waals surface area contributed by atoms with Crippen LogP contribution in [-0.2, 0) is 4.79 Å². The highest BCUT2D eigenvalue weighted by molar-refractivity contribution is 8.15. The molecule has 1 aromatic rings. The van der Waals surface area contributed by atoms with Gasteiger partial charge in [0.15, 0.2) is 5.37 Å². The lowest BCUT2D eigenvalue weighted by molar-refractivity contribution is -0.118. The molecule has 2 amide bonds. The molecule has 4 nitrogen and oxygen atoms in total. The molecule has 1 aromatic carbocycles. The molecule has 0 spiro atoms. The van der Waals surface area contributed by atoms with Gasteiger partial charge in [-0.15, -0.1) is 0 Å². The largest absolute Gasteiger partial charge is 0.365 e. The van der Waals surface area contributed by atoms with E-state index >= 15 is 0 Å². The van der Waals surface area contributed by atoms with Crippen molar-refractivity contribution in [2.24, 2.45) is 0 Å². The molecule has 0 radical (unpaired) electrons. The second-order valence-electron chi connectivity index (χ2n) is 3.74. The lowest BCUT2D eigenvalue weighted by atomic mass is 10.1. The number of carbonyl (C=O) groups excluding carboxylic acids is 2. The summed E-state index contributed by atoms with van der Waals surface area (Å²) in [6, 6.07) is 5.91. The molecule has 0 unspecified atom stereocenters. The van der Waals surface area contributed by atoms with Gasteiger partial charge in [0.2, 0.25) is 0 Å². The minimum absolute atomic E-state index is 0.282. The molecule has 0 bridgehead atoms. The van der Waals surface area contributed by atoms with Crippen molar-refractivity contribution >= 4 is 28.6 Å². The van der Waals surface area contributed by atoms with E-state index in [1.807, 2.05) is 32.0 Å². The summed E-state index contributed by atoms with van der Waals surface area (Å²) >= 11 is 0.971. The first-order chi connectivity index (χ1) is 7.56. The van der Waals surface area contributed by atoms with Crippen LogP contribution in [0.1, 0.15) is 11.1 Å². The number of carbonyl (C=O) groups is 2. The van der Waals surface area contributed by atoms with Crippen molar-refractivity contribution in [2.45, 2.75) is 19.2 Å². The predicted molar refractivity (Wildman–Crippen MR) is 64.5 cm³/mol. The standard InChI is InChI=1S/C11H12N2O2S/c1-6-3-4-8(7(2)5-6)12-10-9(14)13-11(15)16-10/h3-5,10,12H,1-2H3,(H,13,14,15)/t10-/m1/s1. The van der Waals surface area contributed by atoms with Gasteiger partial charge in [0.25, 0.3) is 11.1 Å². The monoisotopic (exact) mass is 236 g/mol. The summed E-state index contributed by atoms with van der Waals surface area (Å²) in [7, 11) is 0. The fraction of sp³-hybridized carbons (Fsp3) is 0.273. The maximum absolute atomic E-state index is 11.4. The molecule has 1 fully saturated rings. The molecular weight excluding hydrogens is 224 g/mol. The zero-order chi connectivity index (χ0) is 11.7. The number of thioether (sulfide) groups is 1. The Morgan fingerprint density at radius 2 is 2.06 bits per heavy atom. The summed E-state index contributed by atoms with van der Waals surface area (Å²) in [5.74, 6) is -0.282. The normalized spacial score (nSPS) is 19.8. The van der Waals surface area contributed by atoms with Gasteiger partial charge in [0.05, 0.1) is 0 Å². The van der Waals surface area contributed by atoms with Gasteiger partial charge in [-0.3, -0.25) is 14.9 Å². The van der Waals surface area contributed by atoms with Crippen molar-refractivity contribution in [3.8, 4) is 0 Å². The number of benzene rings is 1. The Balaban J connectivity index is 2.15. The van der Waals surface area contributed by atoms with Crippen LogP contribution in [0, 0.1) is 13.8 Å². The van der Waals surface area contributed by atoms with Gasteiger partial charge in [-0.1, -0.05) is 17.7 Å². The number of nitrogens with one attached hydrogen (secondary N) is 2. The van der Waals surface area contributed by atoms with Crippen LogP contribution < -0.4 is 10.6 Å². The summed E-state index contributed by atoms with van der Waals surface area (Å²) in [5, 5.41) is 4.47. The molecule has 1 atom stereocenters. The first kappa shape index (κ1) is 11.0. The second-order valence-corrected chi connectivity index (χ2v) is 4.82. The molecule has 1 saturated heterocycles. The Hall–Kier alpha value is -1.49. The Morgan fingerprint density at radius 3 is 2.62 bits per heavy atom. The van der Waals surface area contributed by atoms with Crippen molar-refractivity contribution in [3.05, 3.63) is 29.3 Å². The van der Waals surface area contributed by atoms with E-state index in [0.717, 1.165) is 23.0 Å². The number of hydrogen-bond donors (Lipinski definition) is 2. The van der Waals surface area contributed by atoms with Crippen LogP contribution in [0.4, 0.5) is 10.5 Å². The lowest BCUT2D eigenvalue weighted by Gasteiger charge is -2.12. The van der Waals surface area contributed by atoms with Crippen LogP contribution in [0.25, 0.3) is 0 Å². The van der Waals surface area contributed by atoms with Crippen LogP contribution in [0.2, 0.25) is 0 Å². The number of rotatable bonds is 2. The third-order valence-corrected chi connectivity index (χ3v) is 3.24. The molecule has 84 valence electrons. The highest BCUT2D eigenvalue weighted by Crippen LogP contribution is 2.24. The number of anilines is 1. The number of amides is 2. The van der Waals surface area contributed by atoms with Crippen LogP contribution in [-0.4, -0.2) is 16.5 Å². The van der Waals surface area contributed by atoms with Gasteiger partial charge in [0.1, 0.15) is 0 Å². The third-order valence-electron chi connectivity index (χ3n) is 2.36. The predicted octanol–water partition coefficient (Wildman–Crippen LogP) is 2.02. The molecule has 2 N–H and O–H groups in total. The zero-order valence-electron chi connectivity index (χ0n) is 9.03. The minimum Gasteiger partial charge on any atom is -0.365 e. The minimum atomic E-state index is -0.520. The topological polar surface area (TPSA) is 58.2 Å². The number of imide groups is 1. The fourth-order valence-electron chi connectivity index (χ4n) is 1.57. The lowest BCUT2D eigenvalue weighted by Crippen LogP contribution is -2.29. The average molecular weight is 236 g/mol. The van der Waals surface area contributed by atoms with Crippen molar-refractivity contribution in [2.75, 3.05) is 5.32 Å². The van der Waals surface area contributed by atoms with Crippen LogP contribution in [0.3, 0.4) is 0 Å². The van der Waals surface area contributed by atoms with E-state index in [0.29, 0.717) is 0 Å². The van der Waals surface area contributed by atoms with Gasteiger partial charge in [-0.05, 0) is 37.2 Å². The summed E-state index contributed by atoms with van der Waals surface area (Å²) in [4.78, 5) is 22.3. The van der Waals surface area contributed by atoms with Crippen molar-refractivity contribution in [1.29, 1.82) is 0 Å². The molecule has 0 aromatic heterocycles. The van der Waals surface area contributed by atoms with Crippen molar-refractivity contribution in [3.63, 3.8) is 0 Å². The highest BCUT2D eigenvalue weighted by Gasteiger charge is 2.31. The summed E-state index contributed by atoms with van der Waals surface area (Å²) < 4.78 is 0. The van der Waals surface area contributed by atoms with E-state index in [1.54, 1.807) is 0 Å². The SMILES string of the molecule is Cc1ccc(N[C@@H]2SC(=O)NC2=O)c(C)c1. The molecule has 16 heavy (non-hydrogen) atoms. The maximum Gasteiger partial charge on any atom is 0.288 e. The van der Waals surface area contributed by atoms with E-state index in [9.17, 15) is 9.59 Å². The summed E-state index contributed by atoms with van der Waals surface area (Å²) in [6.45, 7) is 3.98. The third kappa shape index (κ3) is 2.19. The molecule has 2 rings (SSSR count). The van der Waals surface area contributed by atoms with E-state index in [4.69, 9.17) is 0 Å². The Morgan fingerprint density at radius 1 is 1.31 bits per heavy atom. The second kappa shape index (κ2) is 4.17. The highest BCUT2D eigenvalue weighted by atomic mass is 32.2. The van der Waals surface area contributed by atoms with Gasteiger partial charge >= 0.3 is 0 Å². The first-order valence-electron chi connectivity index (χ1n) is 4.91. The van der Waals surface area contributed by atoms with E-state index in [2.05, 4.69) is 10.6 Å². The average Bonchev–Trinajstić information content (AvgIpc) is 2.50. The van der Waals surface area contributed by atoms with E-state index < -0.39 is 5.37 Å². The van der Waals surface area contributed by atoms with Crippen LogP contribution >= 0.6 is 11.8 Å². The molecule has 1 aliphatic heterocycles. The van der Waals surface area contributed by atoms with Gasteiger partial charge in [0, 0.05) is 5.69 Å². The zero-order valence-corrected chi connectivity index (χ0v) is 9.85. The molecule has 0 saturated carbocycles. The van der Waals surface area contributed by atoms with Crippen LogP contribution in [0.5, 0.6) is 0 Å². The van der Waals surface area contributed by atoms with Gasteiger partial charge in [-0.2, -0.15) is 0 Å².